The van der Waals surface area contributed by atoms with Crippen molar-refractivity contribution in [1.82, 2.24) is 0 Å². The summed E-state index contributed by atoms with van der Waals surface area (Å²) in [5.74, 6) is 1.98. The molecule has 2 rings (SSSR count). The van der Waals surface area contributed by atoms with Crippen molar-refractivity contribution in [2.75, 3.05) is 11.1 Å². The number of hydrogen-bond acceptors (Lipinski definition) is 2. The van der Waals surface area contributed by atoms with E-state index in [-0.39, 0.29) is 5.41 Å². The Hall–Kier alpha value is 0.430. The molecule has 3 atom stereocenters. The SMILES string of the molecule is CC(C)(C)S(=O)(=O)CCC1(CBr)CC2CCC1C2. The number of alkyl halides is 1. The number of halogens is 1. The van der Waals surface area contributed by atoms with Crippen LogP contribution in [0.4, 0.5) is 0 Å². The molecule has 2 saturated carbocycles. The maximum Gasteiger partial charge on any atom is 0.155 e. The van der Waals surface area contributed by atoms with E-state index in [0.717, 1.165) is 23.6 Å². The summed E-state index contributed by atoms with van der Waals surface area (Å²) in [6.07, 6.45) is 6.10. The molecule has 0 N–H and O–H groups in total. The summed E-state index contributed by atoms with van der Waals surface area (Å²) in [5, 5.41) is 0.973. The lowest BCUT2D eigenvalue weighted by molar-refractivity contribution is 0.191. The Morgan fingerprint density at radius 2 is 1.94 bits per heavy atom. The molecule has 0 amide bonds. The zero-order valence-electron chi connectivity index (χ0n) is 11.7. The molecule has 106 valence electrons. The van der Waals surface area contributed by atoms with Gasteiger partial charge in [0.2, 0.25) is 0 Å². The molecular formula is C14H25BrO2S. The van der Waals surface area contributed by atoms with Crippen LogP contribution in [0.2, 0.25) is 0 Å². The number of fused-ring (bicyclic) bond motifs is 2. The average Bonchev–Trinajstić information content (AvgIpc) is 2.85. The first-order valence-electron chi connectivity index (χ1n) is 6.98. The van der Waals surface area contributed by atoms with E-state index in [9.17, 15) is 8.42 Å². The van der Waals surface area contributed by atoms with Crippen LogP contribution >= 0.6 is 15.9 Å². The molecular weight excluding hydrogens is 312 g/mol. The van der Waals surface area contributed by atoms with E-state index in [2.05, 4.69) is 15.9 Å². The van der Waals surface area contributed by atoms with Crippen LogP contribution in [0, 0.1) is 17.3 Å². The molecule has 4 heteroatoms. The second kappa shape index (κ2) is 4.76. The maximum absolute atomic E-state index is 12.3. The quantitative estimate of drug-likeness (QED) is 0.732. The summed E-state index contributed by atoms with van der Waals surface area (Å²) < 4.78 is 23.9. The highest BCUT2D eigenvalue weighted by molar-refractivity contribution is 9.09. The van der Waals surface area contributed by atoms with Crippen LogP contribution in [-0.2, 0) is 9.84 Å². The Morgan fingerprint density at radius 1 is 1.28 bits per heavy atom. The van der Waals surface area contributed by atoms with Gasteiger partial charge in [-0.1, -0.05) is 22.4 Å². The standard InChI is InChI=1S/C14H25BrO2S/c1-13(2,3)18(16,17)7-6-14(10-15)9-11-4-5-12(14)8-11/h11-12H,4-10H2,1-3H3. The first kappa shape index (κ1) is 14.8. The van der Waals surface area contributed by atoms with Crippen molar-refractivity contribution in [1.29, 1.82) is 0 Å². The van der Waals surface area contributed by atoms with Crippen LogP contribution in [-0.4, -0.2) is 24.2 Å². The Labute approximate surface area is 120 Å². The third kappa shape index (κ3) is 2.52. The summed E-state index contributed by atoms with van der Waals surface area (Å²) >= 11 is 3.66. The van der Waals surface area contributed by atoms with Gasteiger partial charge >= 0.3 is 0 Å². The van der Waals surface area contributed by atoms with Gasteiger partial charge in [0.1, 0.15) is 0 Å². The highest BCUT2D eigenvalue weighted by Crippen LogP contribution is 2.58. The van der Waals surface area contributed by atoms with Gasteiger partial charge in [-0.15, -0.1) is 0 Å². The molecule has 0 saturated heterocycles. The summed E-state index contributed by atoms with van der Waals surface area (Å²) in [5.41, 5.74) is 0.265. The molecule has 2 aliphatic rings. The van der Waals surface area contributed by atoms with E-state index in [1.165, 1.54) is 25.7 Å². The van der Waals surface area contributed by atoms with E-state index in [4.69, 9.17) is 0 Å². The highest BCUT2D eigenvalue weighted by atomic mass is 79.9. The van der Waals surface area contributed by atoms with Gasteiger partial charge in [-0.2, -0.15) is 0 Å². The Bertz CT molecular complexity index is 410. The van der Waals surface area contributed by atoms with Gasteiger partial charge in [0.25, 0.3) is 0 Å². The average molecular weight is 337 g/mol. The fourth-order valence-corrected chi connectivity index (χ4v) is 5.99. The lowest BCUT2D eigenvalue weighted by Crippen LogP contribution is -2.36. The van der Waals surface area contributed by atoms with Crippen LogP contribution in [0.25, 0.3) is 0 Å². The minimum Gasteiger partial charge on any atom is -0.228 e. The molecule has 2 aliphatic carbocycles. The Kier molecular flexibility index (Phi) is 3.92. The van der Waals surface area contributed by atoms with Crippen LogP contribution in [0.5, 0.6) is 0 Å². The molecule has 3 unspecified atom stereocenters. The number of sulfone groups is 1. The first-order chi connectivity index (χ1) is 8.20. The predicted octanol–water partition coefficient (Wildman–Crippen LogP) is 3.79. The zero-order valence-corrected chi connectivity index (χ0v) is 14.1. The zero-order chi connectivity index (χ0) is 13.6. The molecule has 2 nitrogen and oxygen atoms in total. The third-order valence-corrected chi connectivity index (χ3v) is 8.89. The molecule has 0 aromatic rings. The van der Waals surface area contributed by atoms with Crippen LogP contribution in [0.3, 0.4) is 0 Å². The van der Waals surface area contributed by atoms with Gasteiger partial charge in [0.15, 0.2) is 9.84 Å². The maximum atomic E-state index is 12.3. The van der Waals surface area contributed by atoms with Crippen molar-refractivity contribution in [3.05, 3.63) is 0 Å². The van der Waals surface area contributed by atoms with Gasteiger partial charge in [-0.3, -0.25) is 0 Å². The Morgan fingerprint density at radius 3 is 2.33 bits per heavy atom. The summed E-state index contributed by atoms with van der Waals surface area (Å²) in [6, 6.07) is 0. The predicted molar refractivity (Wildman–Crippen MR) is 79.8 cm³/mol. The fraction of sp³-hybridized carbons (Fsp3) is 1.00. The fourth-order valence-electron chi connectivity index (χ4n) is 3.74. The summed E-state index contributed by atoms with van der Waals surface area (Å²) in [7, 11) is -2.97. The monoisotopic (exact) mass is 336 g/mol. The Balaban J connectivity index is 2.06. The van der Waals surface area contributed by atoms with Gasteiger partial charge in [-0.25, -0.2) is 8.42 Å². The van der Waals surface area contributed by atoms with E-state index in [0.29, 0.717) is 5.75 Å². The van der Waals surface area contributed by atoms with Crippen molar-refractivity contribution in [3.63, 3.8) is 0 Å². The molecule has 0 heterocycles. The topological polar surface area (TPSA) is 34.1 Å². The minimum atomic E-state index is -2.97. The van der Waals surface area contributed by atoms with Crippen molar-refractivity contribution >= 4 is 25.8 Å². The van der Waals surface area contributed by atoms with Crippen molar-refractivity contribution in [2.24, 2.45) is 17.3 Å². The van der Waals surface area contributed by atoms with Crippen LogP contribution in [0.1, 0.15) is 52.9 Å². The molecule has 18 heavy (non-hydrogen) atoms. The van der Waals surface area contributed by atoms with E-state index >= 15 is 0 Å². The molecule has 2 bridgehead atoms. The lowest BCUT2D eigenvalue weighted by atomic mass is 9.73. The highest BCUT2D eigenvalue weighted by Gasteiger charge is 2.50. The van der Waals surface area contributed by atoms with Gasteiger partial charge in [-0.05, 0) is 63.7 Å². The minimum absolute atomic E-state index is 0.265. The second-order valence-electron chi connectivity index (χ2n) is 7.26. The van der Waals surface area contributed by atoms with E-state index in [1.807, 2.05) is 20.8 Å². The van der Waals surface area contributed by atoms with E-state index < -0.39 is 14.6 Å². The number of rotatable bonds is 4. The van der Waals surface area contributed by atoms with Crippen LogP contribution < -0.4 is 0 Å². The third-order valence-electron chi connectivity index (χ3n) is 5.17. The first-order valence-corrected chi connectivity index (χ1v) is 9.76. The summed E-state index contributed by atoms with van der Waals surface area (Å²) in [6.45, 7) is 5.43. The molecule has 0 spiro atoms. The second-order valence-corrected chi connectivity index (χ2v) is 10.7. The molecule has 2 fully saturated rings. The molecule has 0 aromatic heterocycles. The van der Waals surface area contributed by atoms with Crippen molar-refractivity contribution in [3.8, 4) is 0 Å². The van der Waals surface area contributed by atoms with Gasteiger partial charge in [0.05, 0.1) is 10.5 Å². The van der Waals surface area contributed by atoms with Crippen molar-refractivity contribution in [2.45, 2.75) is 57.6 Å². The van der Waals surface area contributed by atoms with Crippen LogP contribution in [0.15, 0.2) is 0 Å². The van der Waals surface area contributed by atoms with Crippen molar-refractivity contribution < 1.29 is 8.42 Å². The summed E-state index contributed by atoms with van der Waals surface area (Å²) in [4.78, 5) is 0. The molecule has 0 aliphatic heterocycles. The number of hydrogen-bond donors (Lipinski definition) is 0. The van der Waals surface area contributed by atoms with E-state index in [1.54, 1.807) is 0 Å². The lowest BCUT2D eigenvalue weighted by Gasteiger charge is -2.37. The smallest absolute Gasteiger partial charge is 0.155 e. The molecule has 0 radical (unpaired) electrons. The largest absolute Gasteiger partial charge is 0.228 e. The van der Waals surface area contributed by atoms with Gasteiger partial charge < -0.3 is 0 Å². The van der Waals surface area contributed by atoms with Gasteiger partial charge in [0, 0.05) is 5.33 Å². The normalized spacial score (nSPS) is 36.2. The molecule has 0 aromatic carbocycles.